The number of hydrogen-bond donors (Lipinski definition) is 1. The SMILES string of the molecule is O=C(COc1ccc2c(-c3ccccc3)cc(=O)oc2c1)N/N=C/c1ccc(F)cc1. The van der Waals surface area contributed by atoms with Crippen LogP contribution in [0.1, 0.15) is 5.56 Å². The van der Waals surface area contributed by atoms with Crippen LogP contribution in [0, 0.1) is 5.82 Å². The monoisotopic (exact) mass is 416 g/mol. The Labute approximate surface area is 176 Å². The van der Waals surface area contributed by atoms with Gasteiger partial charge in [0.15, 0.2) is 6.61 Å². The highest BCUT2D eigenvalue weighted by Crippen LogP contribution is 2.29. The highest BCUT2D eigenvalue weighted by molar-refractivity contribution is 5.93. The van der Waals surface area contributed by atoms with Crippen molar-refractivity contribution in [1.82, 2.24) is 5.43 Å². The molecule has 0 bridgehead atoms. The maximum Gasteiger partial charge on any atom is 0.336 e. The highest BCUT2D eigenvalue weighted by Gasteiger charge is 2.10. The van der Waals surface area contributed by atoms with E-state index in [0.29, 0.717) is 16.9 Å². The van der Waals surface area contributed by atoms with Gasteiger partial charge in [-0.05, 0) is 41.0 Å². The first-order chi connectivity index (χ1) is 15.1. The summed E-state index contributed by atoms with van der Waals surface area (Å²) < 4.78 is 23.7. The molecule has 4 aromatic rings. The lowest BCUT2D eigenvalue weighted by Crippen LogP contribution is -2.24. The van der Waals surface area contributed by atoms with Crippen molar-refractivity contribution in [2.24, 2.45) is 5.10 Å². The Morgan fingerprint density at radius 1 is 1.03 bits per heavy atom. The Balaban J connectivity index is 1.44. The standard InChI is InChI=1S/C24H17FN2O4/c25-18-8-6-16(7-9-18)14-26-27-23(28)15-30-19-10-11-20-21(17-4-2-1-3-5-17)13-24(29)31-22(20)12-19/h1-14H,15H2,(H,27,28)/b26-14+. The third-order valence-electron chi connectivity index (χ3n) is 4.44. The van der Waals surface area contributed by atoms with Crippen molar-refractivity contribution >= 4 is 23.1 Å². The van der Waals surface area contributed by atoms with E-state index in [2.05, 4.69) is 10.5 Å². The molecule has 6 nitrogen and oxygen atoms in total. The van der Waals surface area contributed by atoms with Crippen LogP contribution in [0.25, 0.3) is 22.1 Å². The van der Waals surface area contributed by atoms with E-state index in [4.69, 9.17) is 9.15 Å². The molecule has 0 aliphatic rings. The van der Waals surface area contributed by atoms with Gasteiger partial charge in [-0.15, -0.1) is 0 Å². The predicted molar refractivity (Wildman–Crippen MR) is 116 cm³/mol. The zero-order valence-corrected chi connectivity index (χ0v) is 16.2. The lowest BCUT2D eigenvalue weighted by atomic mass is 10.0. The quantitative estimate of drug-likeness (QED) is 0.291. The smallest absolute Gasteiger partial charge is 0.336 e. The van der Waals surface area contributed by atoms with E-state index < -0.39 is 11.5 Å². The van der Waals surface area contributed by atoms with Crippen molar-refractivity contribution in [3.05, 3.63) is 101 Å². The van der Waals surface area contributed by atoms with Gasteiger partial charge in [0.25, 0.3) is 5.91 Å². The van der Waals surface area contributed by atoms with Crippen LogP contribution in [-0.2, 0) is 4.79 Å². The molecule has 3 aromatic carbocycles. The number of halogens is 1. The summed E-state index contributed by atoms with van der Waals surface area (Å²) in [6, 6.07) is 21.7. The molecule has 1 amide bonds. The molecule has 0 unspecified atom stereocenters. The molecule has 1 aromatic heterocycles. The maximum atomic E-state index is 12.9. The normalized spacial score (nSPS) is 11.0. The molecule has 0 radical (unpaired) electrons. The Bertz CT molecular complexity index is 1300. The largest absolute Gasteiger partial charge is 0.484 e. The van der Waals surface area contributed by atoms with E-state index in [-0.39, 0.29) is 12.4 Å². The minimum Gasteiger partial charge on any atom is -0.484 e. The van der Waals surface area contributed by atoms with E-state index in [9.17, 15) is 14.0 Å². The van der Waals surface area contributed by atoms with E-state index in [0.717, 1.165) is 16.5 Å². The number of fused-ring (bicyclic) bond motifs is 1. The van der Waals surface area contributed by atoms with Crippen molar-refractivity contribution in [2.45, 2.75) is 0 Å². The molecular formula is C24H17FN2O4. The number of nitrogens with one attached hydrogen (secondary N) is 1. The van der Waals surface area contributed by atoms with E-state index in [1.54, 1.807) is 18.2 Å². The van der Waals surface area contributed by atoms with Crippen molar-refractivity contribution in [3.8, 4) is 16.9 Å². The average molecular weight is 416 g/mol. The lowest BCUT2D eigenvalue weighted by Gasteiger charge is -2.08. The first-order valence-corrected chi connectivity index (χ1v) is 9.42. The van der Waals surface area contributed by atoms with Gasteiger partial charge < -0.3 is 9.15 Å². The van der Waals surface area contributed by atoms with Crippen LogP contribution in [0.2, 0.25) is 0 Å². The number of carbonyl (C=O) groups excluding carboxylic acids is 1. The van der Waals surface area contributed by atoms with E-state index in [1.807, 2.05) is 30.3 Å². The number of ether oxygens (including phenoxy) is 1. The fourth-order valence-electron chi connectivity index (χ4n) is 3.00. The van der Waals surface area contributed by atoms with Gasteiger partial charge in [0.1, 0.15) is 17.1 Å². The second-order valence-corrected chi connectivity index (χ2v) is 6.64. The van der Waals surface area contributed by atoms with Crippen molar-refractivity contribution in [2.75, 3.05) is 6.61 Å². The third kappa shape index (κ3) is 5.02. The van der Waals surface area contributed by atoms with Gasteiger partial charge in [-0.3, -0.25) is 4.79 Å². The molecule has 0 atom stereocenters. The molecular weight excluding hydrogens is 399 g/mol. The van der Waals surface area contributed by atoms with Gasteiger partial charge >= 0.3 is 5.63 Å². The Kier molecular flexibility index (Phi) is 5.84. The van der Waals surface area contributed by atoms with Gasteiger partial charge in [-0.2, -0.15) is 5.10 Å². The van der Waals surface area contributed by atoms with Crippen LogP contribution < -0.4 is 15.8 Å². The van der Waals surface area contributed by atoms with Crippen molar-refractivity contribution < 1.29 is 18.3 Å². The van der Waals surface area contributed by atoms with Crippen LogP contribution >= 0.6 is 0 Å². The van der Waals surface area contributed by atoms with Gasteiger partial charge in [0.05, 0.1) is 6.21 Å². The molecule has 0 saturated heterocycles. The number of nitrogens with zero attached hydrogens (tertiary/aromatic N) is 1. The van der Waals surface area contributed by atoms with Gasteiger partial charge in [-0.25, -0.2) is 14.6 Å². The number of carbonyl (C=O) groups is 1. The molecule has 154 valence electrons. The lowest BCUT2D eigenvalue weighted by molar-refractivity contribution is -0.123. The van der Waals surface area contributed by atoms with Gasteiger partial charge in [0, 0.05) is 17.5 Å². The van der Waals surface area contributed by atoms with Crippen LogP contribution in [0.4, 0.5) is 4.39 Å². The van der Waals surface area contributed by atoms with Crippen LogP contribution in [0.15, 0.2) is 93.2 Å². The average Bonchev–Trinajstić information content (AvgIpc) is 2.79. The number of benzene rings is 3. The second-order valence-electron chi connectivity index (χ2n) is 6.64. The summed E-state index contributed by atoms with van der Waals surface area (Å²) in [4.78, 5) is 23.9. The zero-order valence-electron chi connectivity index (χ0n) is 16.2. The zero-order chi connectivity index (χ0) is 21.6. The fourth-order valence-corrected chi connectivity index (χ4v) is 3.00. The third-order valence-corrected chi connectivity index (χ3v) is 4.44. The van der Waals surface area contributed by atoms with Crippen LogP contribution in [-0.4, -0.2) is 18.7 Å². The molecule has 0 aliphatic carbocycles. The summed E-state index contributed by atoms with van der Waals surface area (Å²) in [7, 11) is 0. The Morgan fingerprint density at radius 2 is 1.81 bits per heavy atom. The fraction of sp³-hybridized carbons (Fsp3) is 0.0417. The predicted octanol–water partition coefficient (Wildman–Crippen LogP) is 4.13. The van der Waals surface area contributed by atoms with Gasteiger partial charge in [-0.1, -0.05) is 42.5 Å². The summed E-state index contributed by atoms with van der Waals surface area (Å²) in [5.74, 6) is -0.451. The topological polar surface area (TPSA) is 80.9 Å². The molecule has 0 saturated carbocycles. The van der Waals surface area contributed by atoms with Gasteiger partial charge in [0.2, 0.25) is 0 Å². The molecule has 0 fully saturated rings. The second kappa shape index (κ2) is 9.04. The number of hydrogen-bond acceptors (Lipinski definition) is 5. The molecule has 1 heterocycles. The molecule has 31 heavy (non-hydrogen) atoms. The van der Waals surface area contributed by atoms with Crippen LogP contribution in [0.3, 0.4) is 0 Å². The van der Waals surface area contributed by atoms with E-state index >= 15 is 0 Å². The minimum absolute atomic E-state index is 0.283. The Morgan fingerprint density at radius 3 is 2.58 bits per heavy atom. The summed E-state index contributed by atoms with van der Waals surface area (Å²) >= 11 is 0. The van der Waals surface area contributed by atoms with Crippen LogP contribution in [0.5, 0.6) is 5.75 Å². The van der Waals surface area contributed by atoms with E-state index in [1.165, 1.54) is 36.5 Å². The first-order valence-electron chi connectivity index (χ1n) is 9.42. The summed E-state index contributed by atoms with van der Waals surface area (Å²) in [5.41, 5.74) is 4.51. The number of rotatable bonds is 6. The summed E-state index contributed by atoms with van der Waals surface area (Å²) in [6.07, 6.45) is 1.40. The molecule has 0 spiro atoms. The summed E-state index contributed by atoms with van der Waals surface area (Å²) in [6.45, 7) is -0.283. The van der Waals surface area contributed by atoms with Crippen molar-refractivity contribution in [3.63, 3.8) is 0 Å². The molecule has 4 rings (SSSR count). The number of hydrazone groups is 1. The highest BCUT2D eigenvalue weighted by atomic mass is 19.1. The summed E-state index contributed by atoms with van der Waals surface area (Å²) in [5, 5.41) is 4.56. The minimum atomic E-state index is -0.476. The number of amides is 1. The Hall–Kier alpha value is -4.26. The molecule has 7 heteroatoms. The first kappa shape index (κ1) is 20.0. The molecule has 1 N–H and O–H groups in total. The maximum absolute atomic E-state index is 12.9. The molecule has 0 aliphatic heterocycles. The van der Waals surface area contributed by atoms with Crippen molar-refractivity contribution in [1.29, 1.82) is 0 Å².